The Hall–Kier alpha value is -2.56. The van der Waals surface area contributed by atoms with Crippen molar-refractivity contribution in [3.05, 3.63) is 53.9 Å². The largest absolute Gasteiger partial charge is 0.444 e. The molecule has 0 atom stereocenters. The lowest BCUT2D eigenvalue weighted by atomic mass is 10.2. The van der Waals surface area contributed by atoms with E-state index in [1.165, 1.54) is 0 Å². The molecule has 2 N–H and O–H groups in total. The second-order valence-corrected chi connectivity index (χ2v) is 6.37. The van der Waals surface area contributed by atoms with E-state index >= 15 is 0 Å². The van der Waals surface area contributed by atoms with Gasteiger partial charge in [-0.1, -0.05) is 6.07 Å². The summed E-state index contributed by atoms with van der Waals surface area (Å²) in [6, 6.07) is 11.5. The zero-order chi connectivity index (χ0) is 16.9. The molecule has 0 spiro atoms. The summed E-state index contributed by atoms with van der Waals surface area (Å²) in [5.74, 6) is 0. The lowest BCUT2D eigenvalue weighted by molar-refractivity contribution is 0.0636. The number of carbonyl (C=O) groups is 1. The van der Waals surface area contributed by atoms with E-state index in [9.17, 15) is 4.79 Å². The van der Waals surface area contributed by atoms with Crippen LogP contribution in [0.1, 0.15) is 32.0 Å². The third-order valence-corrected chi connectivity index (χ3v) is 3.00. The Labute approximate surface area is 137 Å². The van der Waals surface area contributed by atoms with E-state index in [0.29, 0.717) is 12.2 Å². The maximum Gasteiger partial charge on any atom is 0.412 e. The van der Waals surface area contributed by atoms with E-state index in [1.54, 1.807) is 0 Å². The summed E-state index contributed by atoms with van der Waals surface area (Å²) < 4.78 is 5.21. The Morgan fingerprint density at radius 1 is 1.09 bits per heavy atom. The molecule has 2 aromatic rings. The predicted octanol–water partition coefficient (Wildman–Crippen LogP) is 4.35. The van der Waals surface area contributed by atoms with Crippen LogP contribution in [0.4, 0.5) is 16.2 Å². The van der Waals surface area contributed by atoms with Gasteiger partial charge >= 0.3 is 6.09 Å². The van der Waals surface area contributed by atoms with Crippen molar-refractivity contribution in [3.63, 3.8) is 0 Å². The first-order chi connectivity index (χ1) is 10.8. The Bertz CT molecular complexity index is 643. The number of rotatable bonds is 4. The van der Waals surface area contributed by atoms with Crippen LogP contribution in [-0.4, -0.2) is 16.7 Å². The Morgan fingerprint density at radius 3 is 2.30 bits per heavy atom. The lowest BCUT2D eigenvalue weighted by Crippen LogP contribution is -2.27. The highest BCUT2D eigenvalue weighted by Crippen LogP contribution is 2.16. The topological polar surface area (TPSA) is 63.2 Å². The third-order valence-electron chi connectivity index (χ3n) is 3.00. The molecule has 1 aromatic heterocycles. The molecule has 0 radical (unpaired) electrons. The molecule has 0 aliphatic rings. The first-order valence-corrected chi connectivity index (χ1v) is 7.57. The van der Waals surface area contributed by atoms with Gasteiger partial charge in [0.1, 0.15) is 5.60 Å². The number of anilines is 2. The second kappa shape index (κ2) is 7.13. The van der Waals surface area contributed by atoms with Gasteiger partial charge in [0, 0.05) is 29.8 Å². The molecule has 5 nitrogen and oxygen atoms in total. The molecular formula is C18H23N3O2. The van der Waals surface area contributed by atoms with E-state index in [1.807, 2.05) is 70.3 Å². The van der Waals surface area contributed by atoms with Gasteiger partial charge < -0.3 is 10.1 Å². The molecule has 1 heterocycles. The van der Waals surface area contributed by atoms with Crippen molar-refractivity contribution in [3.8, 4) is 0 Å². The van der Waals surface area contributed by atoms with Crippen LogP contribution in [0.5, 0.6) is 0 Å². The van der Waals surface area contributed by atoms with Crippen molar-refractivity contribution >= 4 is 17.5 Å². The average molecular weight is 313 g/mol. The molecule has 0 unspecified atom stereocenters. The number of benzene rings is 1. The fourth-order valence-electron chi connectivity index (χ4n) is 1.90. The molecule has 1 amide bonds. The van der Waals surface area contributed by atoms with Gasteiger partial charge in [0.15, 0.2) is 0 Å². The van der Waals surface area contributed by atoms with Gasteiger partial charge in [0.05, 0.1) is 0 Å². The summed E-state index contributed by atoms with van der Waals surface area (Å²) in [6.45, 7) is 8.16. The minimum absolute atomic E-state index is 0.455. The van der Waals surface area contributed by atoms with Gasteiger partial charge in [-0.2, -0.15) is 0 Å². The van der Waals surface area contributed by atoms with Crippen LogP contribution in [0, 0.1) is 6.92 Å². The highest BCUT2D eigenvalue weighted by atomic mass is 16.6. The van der Waals surface area contributed by atoms with E-state index < -0.39 is 11.7 Å². The fraction of sp³-hybridized carbons (Fsp3) is 0.333. The van der Waals surface area contributed by atoms with Gasteiger partial charge in [-0.15, -0.1) is 0 Å². The lowest BCUT2D eigenvalue weighted by Gasteiger charge is -2.19. The van der Waals surface area contributed by atoms with Crippen LogP contribution in [-0.2, 0) is 11.3 Å². The zero-order valence-electron chi connectivity index (χ0n) is 14.0. The molecule has 122 valence electrons. The second-order valence-electron chi connectivity index (χ2n) is 6.37. The smallest absolute Gasteiger partial charge is 0.412 e. The van der Waals surface area contributed by atoms with Crippen molar-refractivity contribution in [2.24, 2.45) is 0 Å². The van der Waals surface area contributed by atoms with E-state index in [2.05, 4.69) is 15.6 Å². The van der Waals surface area contributed by atoms with Crippen LogP contribution in [0.25, 0.3) is 0 Å². The number of carbonyl (C=O) groups excluding carboxylic acids is 1. The molecule has 0 aliphatic carbocycles. The van der Waals surface area contributed by atoms with Crippen molar-refractivity contribution < 1.29 is 9.53 Å². The van der Waals surface area contributed by atoms with Gasteiger partial charge in [-0.25, -0.2) is 4.79 Å². The molecule has 0 aliphatic heterocycles. The molecule has 0 saturated carbocycles. The molecule has 1 aromatic carbocycles. The van der Waals surface area contributed by atoms with Crippen molar-refractivity contribution in [2.45, 2.75) is 39.8 Å². The summed E-state index contributed by atoms with van der Waals surface area (Å²) >= 11 is 0. The first-order valence-electron chi connectivity index (χ1n) is 7.57. The molecule has 5 heteroatoms. The van der Waals surface area contributed by atoms with Crippen LogP contribution in [0.15, 0.2) is 42.6 Å². The van der Waals surface area contributed by atoms with Crippen molar-refractivity contribution in [1.29, 1.82) is 0 Å². The molecule has 23 heavy (non-hydrogen) atoms. The maximum atomic E-state index is 11.7. The fourth-order valence-corrected chi connectivity index (χ4v) is 1.90. The number of aryl methyl sites for hydroxylation is 1. The Kier molecular flexibility index (Phi) is 5.21. The summed E-state index contributed by atoms with van der Waals surface area (Å²) in [6.07, 6.45) is 1.41. The summed E-state index contributed by atoms with van der Waals surface area (Å²) in [4.78, 5) is 16.0. The molecule has 0 fully saturated rings. The highest BCUT2D eigenvalue weighted by molar-refractivity contribution is 5.85. The van der Waals surface area contributed by atoms with Gasteiger partial charge in [0.2, 0.25) is 0 Å². The van der Waals surface area contributed by atoms with E-state index in [4.69, 9.17) is 4.74 Å². The summed E-state index contributed by atoms with van der Waals surface area (Å²) in [5.41, 5.74) is 3.29. The number of hydrogen-bond donors (Lipinski definition) is 2. The molecule has 0 saturated heterocycles. The number of pyridine rings is 1. The molecular weight excluding hydrogens is 290 g/mol. The van der Waals surface area contributed by atoms with Crippen LogP contribution in [0.3, 0.4) is 0 Å². The zero-order valence-corrected chi connectivity index (χ0v) is 14.0. The SMILES string of the molecule is Cc1ccc(CNc2ccc(NC(=O)OC(C)(C)C)cc2)cn1. The monoisotopic (exact) mass is 313 g/mol. The number of ether oxygens (including phenoxy) is 1. The summed E-state index contributed by atoms with van der Waals surface area (Å²) in [7, 11) is 0. The Balaban J connectivity index is 1.87. The number of hydrogen-bond acceptors (Lipinski definition) is 4. The van der Waals surface area contributed by atoms with E-state index in [-0.39, 0.29) is 0 Å². The Morgan fingerprint density at radius 2 is 1.74 bits per heavy atom. The van der Waals surface area contributed by atoms with Gasteiger partial charge in [-0.3, -0.25) is 10.3 Å². The number of nitrogens with one attached hydrogen (secondary N) is 2. The number of aromatic nitrogens is 1. The predicted molar refractivity (Wildman–Crippen MR) is 92.6 cm³/mol. The van der Waals surface area contributed by atoms with Crippen LogP contribution < -0.4 is 10.6 Å². The third kappa shape index (κ3) is 5.98. The normalized spacial score (nSPS) is 11.0. The molecule has 0 bridgehead atoms. The average Bonchev–Trinajstić information content (AvgIpc) is 2.46. The van der Waals surface area contributed by atoms with Gasteiger partial charge in [0.25, 0.3) is 0 Å². The van der Waals surface area contributed by atoms with Gasteiger partial charge in [-0.05, 0) is 63.6 Å². The van der Waals surface area contributed by atoms with Crippen LogP contribution in [0.2, 0.25) is 0 Å². The highest BCUT2D eigenvalue weighted by Gasteiger charge is 2.15. The van der Waals surface area contributed by atoms with E-state index in [0.717, 1.165) is 16.9 Å². The maximum absolute atomic E-state index is 11.7. The van der Waals surface area contributed by atoms with Crippen LogP contribution >= 0.6 is 0 Å². The number of amides is 1. The van der Waals surface area contributed by atoms with Crippen molar-refractivity contribution in [1.82, 2.24) is 4.98 Å². The minimum Gasteiger partial charge on any atom is -0.444 e. The standard InChI is InChI=1S/C18H23N3O2/c1-13-5-6-14(11-19-13)12-20-15-7-9-16(10-8-15)21-17(22)23-18(2,3)4/h5-11,20H,12H2,1-4H3,(H,21,22). The first kappa shape index (κ1) is 16.8. The quantitative estimate of drug-likeness (QED) is 0.881. The summed E-state index contributed by atoms with van der Waals surface area (Å²) in [5, 5.41) is 6.02. The van der Waals surface area contributed by atoms with Crippen molar-refractivity contribution in [2.75, 3.05) is 10.6 Å². The minimum atomic E-state index is -0.506. The number of nitrogens with zero attached hydrogens (tertiary/aromatic N) is 1. The molecule has 2 rings (SSSR count).